The number of carbonyl (C=O) groups excluding carboxylic acids is 1. The maximum Gasteiger partial charge on any atom is 0.252 e. The minimum atomic E-state index is -0.172. The normalized spacial score (nSPS) is 20.0. The molecule has 1 aliphatic rings. The number of amides is 1. The highest BCUT2D eigenvalue weighted by Gasteiger charge is 2.31. The zero-order chi connectivity index (χ0) is 21.3. The smallest absolute Gasteiger partial charge is 0.252 e. The van der Waals surface area contributed by atoms with Gasteiger partial charge in [-0.2, -0.15) is 0 Å². The van der Waals surface area contributed by atoms with Gasteiger partial charge < -0.3 is 16.0 Å². The van der Waals surface area contributed by atoms with Gasteiger partial charge in [-0.05, 0) is 55.9 Å². The van der Waals surface area contributed by atoms with Gasteiger partial charge in [0.2, 0.25) is 0 Å². The molecule has 0 radical (unpaired) electrons. The highest BCUT2D eigenvalue weighted by atomic mass is 35.5. The van der Waals surface area contributed by atoms with E-state index in [1.165, 1.54) is 17.7 Å². The molecule has 1 fully saturated rings. The molecule has 8 heteroatoms. The Labute approximate surface area is 187 Å². The van der Waals surface area contributed by atoms with E-state index in [9.17, 15) is 4.79 Å². The van der Waals surface area contributed by atoms with Gasteiger partial charge in [0.05, 0.1) is 10.6 Å². The van der Waals surface area contributed by atoms with Crippen LogP contribution in [0.15, 0.2) is 46.8 Å². The SMILES string of the molecule is CN=C(NCCNC(=O)c1ccccc1Cl)NCC1CCCN(C)C1c1cccs1. The maximum atomic E-state index is 12.2. The fraction of sp³-hybridized carbons (Fsp3) is 0.455. The average Bonchev–Trinajstić information content (AvgIpc) is 3.27. The molecule has 2 aromatic rings. The van der Waals surface area contributed by atoms with E-state index in [1.807, 2.05) is 17.4 Å². The lowest BCUT2D eigenvalue weighted by Crippen LogP contribution is -2.46. The van der Waals surface area contributed by atoms with Crippen molar-refractivity contribution in [3.05, 3.63) is 57.2 Å². The van der Waals surface area contributed by atoms with Crippen molar-refractivity contribution in [2.75, 3.05) is 40.3 Å². The van der Waals surface area contributed by atoms with Crippen molar-refractivity contribution >= 4 is 34.8 Å². The van der Waals surface area contributed by atoms with E-state index in [0.29, 0.717) is 35.6 Å². The van der Waals surface area contributed by atoms with Crippen LogP contribution < -0.4 is 16.0 Å². The lowest BCUT2D eigenvalue weighted by molar-refractivity contribution is 0.0954. The number of thiophene rings is 1. The third-order valence-corrected chi connectivity index (χ3v) is 6.69. The third kappa shape index (κ3) is 5.97. The fourth-order valence-corrected chi connectivity index (χ4v) is 5.13. The van der Waals surface area contributed by atoms with Crippen LogP contribution in [0.1, 0.15) is 34.1 Å². The van der Waals surface area contributed by atoms with Gasteiger partial charge in [0.25, 0.3) is 5.91 Å². The summed E-state index contributed by atoms with van der Waals surface area (Å²) >= 11 is 7.90. The largest absolute Gasteiger partial charge is 0.356 e. The molecular weight excluding hydrogens is 418 g/mol. The zero-order valence-corrected chi connectivity index (χ0v) is 19.1. The average molecular weight is 448 g/mol. The number of nitrogens with zero attached hydrogens (tertiary/aromatic N) is 2. The van der Waals surface area contributed by atoms with E-state index in [0.717, 1.165) is 19.0 Å². The van der Waals surface area contributed by atoms with Crippen molar-refractivity contribution in [3.8, 4) is 0 Å². The Bertz CT molecular complexity index is 842. The number of nitrogens with one attached hydrogen (secondary N) is 3. The van der Waals surface area contributed by atoms with Crippen molar-refractivity contribution in [1.29, 1.82) is 0 Å². The molecule has 0 bridgehead atoms. The molecule has 2 unspecified atom stereocenters. The van der Waals surface area contributed by atoms with Crippen LogP contribution in [0.3, 0.4) is 0 Å². The van der Waals surface area contributed by atoms with E-state index in [1.54, 1.807) is 25.2 Å². The van der Waals surface area contributed by atoms with Crippen LogP contribution in [0.25, 0.3) is 0 Å². The molecule has 1 aliphatic heterocycles. The van der Waals surface area contributed by atoms with Crippen molar-refractivity contribution in [2.45, 2.75) is 18.9 Å². The van der Waals surface area contributed by atoms with Gasteiger partial charge in [0.1, 0.15) is 0 Å². The lowest BCUT2D eigenvalue weighted by Gasteiger charge is -2.39. The molecule has 1 saturated heterocycles. The second-order valence-corrected chi connectivity index (χ2v) is 8.85. The summed E-state index contributed by atoms with van der Waals surface area (Å²) in [5.74, 6) is 1.11. The van der Waals surface area contributed by atoms with Gasteiger partial charge in [-0.15, -0.1) is 11.3 Å². The quantitative estimate of drug-likeness (QED) is 0.346. The summed E-state index contributed by atoms with van der Waals surface area (Å²) in [6.07, 6.45) is 2.41. The first-order valence-electron chi connectivity index (χ1n) is 10.3. The third-order valence-electron chi connectivity index (χ3n) is 5.42. The number of hydrogen-bond acceptors (Lipinski definition) is 4. The van der Waals surface area contributed by atoms with E-state index in [-0.39, 0.29) is 5.91 Å². The summed E-state index contributed by atoms with van der Waals surface area (Å²) in [5.41, 5.74) is 0.489. The van der Waals surface area contributed by atoms with Crippen LogP contribution in [-0.2, 0) is 0 Å². The van der Waals surface area contributed by atoms with Crippen LogP contribution >= 0.6 is 22.9 Å². The number of likely N-dealkylation sites (tertiary alicyclic amines) is 1. The maximum absolute atomic E-state index is 12.2. The molecular formula is C22H30ClN5OS. The molecule has 0 spiro atoms. The van der Waals surface area contributed by atoms with Gasteiger partial charge in [0.15, 0.2) is 5.96 Å². The number of rotatable bonds is 7. The first kappa shape index (κ1) is 22.6. The van der Waals surface area contributed by atoms with E-state index in [4.69, 9.17) is 11.6 Å². The number of halogens is 1. The number of hydrogen-bond donors (Lipinski definition) is 3. The molecule has 6 nitrogen and oxygen atoms in total. The summed E-state index contributed by atoms with van der Waals surface area (Å²) < 4.78 is 0. The Morgan fingerprint density at radius 1 is 1.20 bits per heavy atom. The summed E-state index contributed by atoms with van der Waals surface area (Å²) in [5, 5.41) is 12.2. The predicted octanol–water partition coefficient (Wildman–Crippen LogP) is 3.38. The number of piperidine rings is 1. The first-order chi connectivity index (χ1) is 14.6. The molecule has 1 amide bonds. The van der Waals surface area contributed by atoms with Crippen LogP contribution in [0.2, 0.25) is 5.02 Å². The van der Waals surface area contributed by atoms with Gasteiger partial charge in [-0.1, -0.05) is 29.8 Å². The van der Waals surface area contributed by atoms with Crippen LogP contribution in [0.4, 0.5) is 0 Å². The summed E-state index contributed by atoms with van der Waals surface area (Å²) in [4.78, 5) is 20.4. The Hall–Kier alpha value is -2.09. The molecule has 0 saturated carbocycles. The number of guanidine groups is 1. The number of benzene rings is 1. The molecule has 0 aliphatic carbocycles. The molecule has 3 N–H and O–H groups in total. The monoisotopic (exact) mass is 447 g/mol. The molecule has 30 heavy (non-hydrogen) atoms. The lowest BCUT2D eigenvalue weighted by atomic mass is 9.88. The van der Waals surface area contributed by atoms with Crippen molar-refractivity contribution in [2.24, 2.45) is 10.9 Å². The fourth-order valence-electron chi connectivity index (χ4n) is 3.93. The topological polar surface area (TPSA) is 68.8 Å². The summed E-state index contributed by atoms with van der Waals surface area (Å²) in [6, 6.07) is 11.9. The summed E-state index contributed by atoms with van der Waals surface area (Å²) in [6.45, 7) is 3.05. The Balaban J connectivity index is 1.44. The van der Waals surface area contributed by atoms with Gasteiger partial charge in [-0.3, -0.25) is 14.7 Å². The minimum absolute atomic E-state index is 0.172. The minimum Gasteiger partial charge on any atom is -0.356 e. The van der Waals surface area contributed by atoms with Gasteiger partial charge in [-0.25, -0.2) is 0 Å². The molecule has 1 aromatic heterocycles. The Kier molecular flexibility index (Phi) is 8.54. The second-order valence-electron chi connectivity index (χ2n) is 7.46. The van der Waals surface area contributed by atoms with E-state index < -0.39 is 0 Å². The predicted molar refractivity (Wildman–Crippen MR) is 126 cm³/mol. The van der Waals surface area contributed by atoms with Crippen LogP contribution in [0, 0.1) is 5.92 Å². The zero-order valence-electron chi connectivity index (χ0n) is 17.5. The van der Waals surface area contributed by atoms with Gasteiger partial charge in [0, 0.05) is 37.6 Å². The molecule has 2 atom stereocenters. The van der Waals surface area contributed by atoms with Crippen molar-refractivity contribution < 1.29 is 4.79 Å². The molecule has 3 rings (SSSR count). The highest BCUT2D eigenvalue weighted by Crippen LogP contribution is 2.36. The standard InChI is InChI=1S/C22H30ClN5OS/c1-24-22(26-12-11-25-21(29)17-8-3-4-9-18(17)23)27-15-16-7-5-13-28(2)20(16)19-10-6-14-30-19/h3-4,6,8-10,14,16,20H,5,7,11-13,15H2,1-2H3,(H,25,29)(H2,24,26,27). The Morgan fingerprint density at radius 2 is 2.00 bits per heavy atom. The van der Waals surface area contributed by atoms with Crippen LogP contribution in [0.5, 0.6) is 0 Å². The van der Waals surface area contributed by atoms with Crippen molar-refractivity contribution in [3.63, 3.8) is 0 Å². The molecule has 1 aromatic carbocycles. The molecule has 162 valence electrons. The summed E-state index contributed by atoms with van der Waals surface area (Å²) in [7, 11) is 3.98. The van der Waals surface area contributed by atoms with Crippen LogP contribution in [-0.4, -0.2) is 57.0 Å². The highest BCUT2D eigenvalue weighted by molar-refractivity contribution is 7.10. The van der Waals surface area contributed by atoms with E-state index in [2.05, 4.69) is 50.4 Å². The second kappa shape index (κ2) is 11.3. The number of carbonyl (C=O) groups is 1. The van der Waals surface area contributed by atoms with Gasteiger partial charge >= 0.3 is 0 Å². The Morgan fingerprint density at radius 3 is 2.73 bits per heavy atom. The number of aliphatic imine (C=N–C) groups is 1. The molecule has 2 heterocycles. The van der Waals surface area contributed by atoms with Crippen molar-refractivity contribution in [1.82, 2.24) is 20.9 Å². The van der Waals surface area contributed by atoms with E-state index >= 15 is 0 Å². The first-order valence-corrected chi connectivity index (χ1v) is 11.6.